The lowest BCUT2D eigenvalue weighted by Crippen LogP contribution is -2.49. The van der Waals surface area contributed by atoms with E-state index in [9.17, 15) is 9.59 Å². The fourth-order valence-electron chi connectivity index (χ4n) is 5.16. The summed E-state index contributed by atoms with van der Waals surface area (Å²) in [5.74, 6) is 2.06. The van der Waals surface area contributed by atoms with Crippen LogP contribution in [0.1, 0.15) is 24.9 Å². The molecule has 31 heavy (non-hydrogen) atoms. The van der Waals surface area contributed by atoms with Gasteiger partial charge < -0.3 is 19.9 Å². The van der Waals surface area contributed by atoms with E-state index in [0.717, 1.165) is 57.1 Å². The molecule has 0 spiro atoms. The predicted molar refractivity (Wildman–Crippen MR) is 125 cm³/mol. The molecule has 3 aliphatic rings. The van der Waals surface area contributed by atoms with Gasteiger partial charge in [-0.25, -0.2) is 0 Å². The molecule has 7 nitrogen and oxygen atoms in total. The van der Waals surface area contributed by atoms with Crippen molar-refractivity contribution in [3.05, 3.63) is 29.8 Å². The number of methoxy groups -OCH3 is 1. The number of nitrogens with one attached hydrogen (secondary N) is 1. The Hall–Kier alpha value is -1.54. The Bertz CT molecular complexity index is 743. The molecule has 3 fully saturated rings. The van der Waals surface area contributed by atoms with Crippen LogP contribution in [-0.2, 0) is 9.59 Å². The van der Waals surface area contributed by atoms with Crippen LogP contribution < -0.4 is 10.1 Å². The van der Waals surface area contributed by atoms with E-state index in [1.807, 2.05) is 24.0 Å². The number of ether oxygens (including phenoxy) is 1. The molecule has 0 aliphatic carbocycles. The van der Waals surface area contributed by atoms with Gasteiger partial charge in [0, 0.05) is 58.2 Å². The SMILES string of the molecule is CCC(=O)N1C[C@@H]2CN(CC(=O)N3CCNCC3)C[C@@H]2[C@@H]1c1ccc(OC)cc1.Cl.Cl. The first kappa shape index (κ1) is 25.7. The van der Waals surface area contributed by atoms with E-state index in [1.165, 1.54) is 0 Å². The Morgan fingerprint density at radius 1 is 1.03 bits per heavy atom. The average molecular weight is 473 g/mol. The van der Waals surface area contributed by atoms with Crippen molar-refractivity contribution in [2.24, 2.45) is 11.8 Å². The topological polar surface area (TPSA) is 65.1 Å². The Kier molecular flexibility index (Phi) is 9.43. The molecule has 174 valence electrons. The number of hydrogen-bond acceptors (Lipinski definition) is 5. The van der Waals surface area contributed by atoms with Gasteiger partial charge in [-0.1, -0.05) is 19.1 Å². The highest BCUT2D eigenvalue weighted by Gasteiger charge is 2.49. The van der Waals surface area contributed by atoms with Crippen molar-refractivity contribution < 1.29 is 14.3 Å². The number of likely N-dealkylation sites (tertiary alicyclic amines) is 2. The summed E-state index contributed by atoms with van der Waals surface area (Å²) in [5, 5.41) is 3.29. The molecule has 9 heteroatoms. The lowest BCUT2D eigenvalue weighted by Gasteiger charge is -2.31. The van der Waals surface area contributed by atoms with Crippen LogP contribution in [0.4, 0.5) is 0 Å². The van der Waals surface area contributed by atoms with Crippen molar-refractivity contribution in [1.29, 1.82) is 0 Å². The number of hydrogen-bond donors (Lipinski definition) is 1. The number of carbonyl (C=O) groups is 2. The third-order valence-corrected chi connectivity index (χ3v) is 6.65. The minimum Gasteiger partial charge on any atom is -0.497 e. The van der Waals surface area contributed by atoms with Crippen molar-refractivity contribution in [1.82, 2.24) is 20.0 Å². The van der Waals surface area contributed by atoms with Gasteiger partial charge in [0.2, 0.25) is 11.8 Å². The molecule has 1 aromatic carbocycles. The summed E-state index contributed by atoms with van der Waals surface area (Å²) < 4.78 is 5.30. The molecule has 0 saturated carbocycles. The van der Waals surface area contributed by atoms with Crippen LogP contribution in [0.25, 0.3) is 0 Å². The van der Waals surface area contributed by atoms with E-state index in [4.69, 9.17) is 4.74 Å². The van der Waals surface area contributed by atoms with Gasteiger partial charge in [0.1, 0.15) is 5.75 Å². The molecule has 3 atom stereocenters. The van der Waals surface area contributed by atoms with E-state index in [0.29, 0.717) is 24.8 Å². The van der Waals surface area contributed by atoms with Crippen LogP contribution in [0.2, 0.25) is 0 Å². The highest BCUT2D eigenvalue weighted by molar-refractivity contribution is 5.85. The summed E-state index contributed by atoms with van der Waals surface area (Å²) in [6, 6.07) is 8.18. The average Bonchev–Trinajstić information content (AvgIpc) is 3.31. The lowest BCUT2D eigenvalue weighted by molar-refractivity contribution is -0.134. The van der Waals surface area contributed by atoms with Crippen LogP contribution in [0.5, 0.6) is 5.75 Å². The highest BCUT2D eigenvalue weighted by Crippen LogP contribution is 2.45. The van der Waals surface area contributed by atoms with Crippen LogP contribution >= 0.6 is 24.8 Å². The molecule has 2 amide bonds. The fourth-order valence-corrected chi connectivity index (χ4v) is 5.16. The van der Waals surface area contributed by atoms with E-state index >= 15 is 0 Å². The van der Waals surface area contributed by atoms with Crippen LogP contribution in [0, 0.1) is 11.8 Å². The number of benzene rings is 1. The fraction of sp³-hybridized carbons (Fsp3) is 0.636. The first-order chi connectivity index (χ1) is 14.1. The van der Waals surface area contributed by atoms with Crippen molar-refractivity contribution in [2.75, 3.05) is 59.5 Å². The molecule has 0 aromatic heterocycles. The molecular weight excluding hydrogens is 439 g/mol. The minimum atomic E-state index is 0. The molecule has 0 bridgehead atoms. The van der Waals surface area contributed by atoms with Gasteiger partial charge >= 0.3 is 0 Å². The first-order valence-corrected chi connectivity index (χ1v) is 10.7. The zero-order valence-corrected chi connectivity index (χ0v) is 19.9. The first-order valence-electron chi connectivity index (χ1n) is 10.7. The summed E-state index contributed by atoms with van der Waals surface area (Å²) in [6.07, 6.45) is 0.525. The zero-order valence-electron chi connectivity index (χ0n) is 18.3. The number of fused-ring (bicyclic) bond motifs is 1. The minimum absolute atomic E-state index is 0. The van der Waals surface area contributed by atoms with Crippen molar-refractivity contribution in [2.45, 2.75) is 19.4 Å². The monoisotopic (exact) mass is 472 g/mol. The molecule has 1 N–H and O–H groups in total. The molecule has 3 saturated heterocycles. The molecule has 3 heterocycles. The molecule has 1 aromatic rings. The van der Waals surface area contributed by atoms with E-state index in [1.54, 1.807) is 7.11 Å². The summed E-state index contributed by atoms with van der Waals surface area (Å²) >= 11 is 0. The highest BCUT2D eigenvalue weighted by atomic mass is 35.5. The van der Waals surface area contributed by atoms with Gasteiger partial charge in [0.25, 0.3) is 0 Å². The van der Waals surface area contributed by atoms with Gasteiger partial charge in [-0.2, -0.15) is 0 Å². The third-order valence-electron chi connectivity index (χ3n) is 6.65. The Morgan fingerprint density at radius 2 is 1.71 bits per heavy atom. The predicted octanol–water partition coefficient (Wildman–Crippen LogP) is 1.81. The van der Waals surface area contributed by atoms with Crippen LogP contribution in [0.3, 0.4) is 0 Å². The summed E-state index contributed by atoms with van der Waals surface area (Å²) in [5.41, 5.74) is 1.16. The summed E-state index contributed by atoms with van der Waals surface area (Å²) in [7, 11) is 1.66. The Balaban J connectivity index is 0.00000171. The Morgan fingerprint density at radius 3 is 2.32 bits per heavy atom. The summed E-state index contributed by atoms with van der Waals surface area (Å²) in [6.45, 7) is 8.32. The van der Waals surface area contributed by atoms with Crippen molar-refractivity contribution in [3.8, 4) is 5.75 Å². The second-order valence-electron chi connectivity index (χ2n) is 8.37. The molecular formula is C22H34Cl2N4O3. The smallest absolute Gasteiger partial charge is 0.236 e. The largest absolute Gasteiger partial charge is 0.497 e. The maximum absolute atomic E-state index is 12.7. The molecule has 0 unspecified atom stereocenters. The quantitative estimate of drug-likeness (QED) is 0.707. The van der Waals surface area contributed by atoms with E-state index in [-0.39, 0.29) is 42.7 Å². The van der Waals surface area contributed by atoms with Crippen LogP contribution in [0.15, 0.2) is 24.3 Å². The molecule has 0 radical (unpaired) electrons. The molecule has 3 aliphatic heterocycles. The third kappa shape index (κ3) is 5.45. The Labute approximate surface area is 197 Å². The van der Waals surface area contributed by atoms with E-state index < -0.39 is 0 Å². The van der Waals surface area contributed by atoms with Gasteiger partial charge in [-0.15, -0.1) is 24.8 Å². The van der Waals surface area contributed by atoms with Gasteiger partial charge in [-0.3, -0.25) is 14.5 Å². The second-order valence-corrected chi connectivity index (χ2v) is 8.37. The van der Waals surface area contributed by atoms with Gasteiger partial charge in [-0.05, 0) is 23.6 Å². The van der Waals surface area contributed by atoms with Crippen LogP contribution in [-0.4, -0.2) is 86.0 Å². The number of nitrogens with zero attached hydrogens (tertiary/aromatic N) is 3. The number of piperazine rings is 1. The van der Waals surface area contributed by atoms with Crippen molar-refractivity contribution in [3.63, 3.8) is 0 Å². The number of rotatable bonds is 5. The number of halogens is 2. The van der Waals surface area contributed by atoms with E-state index in [2.05, 4.69) is 27.2 Å². The van der Waals surface area contributed by atoms with Gasteiger partial charge in [0.15, 0.2) is 0 Å². The maximum Gasteiger partial charge on any atom is 0.236 e. The second kappa shape index (κ2) is 11.4. The number of amides is 2. The zero-order chi connectivity index (χ0) is 20.4. The molecule has 4 rings (SSSR count). The number of carbonyl (C=O) groups excluding carboxylic acids is 2. The standard InChI is InChI=1S/C22H32N4O3.2ClH/c1-3-20(27)26-13-17-12-24(15-21(28)25-10-8-23-9-11-25)14-19(17)22(26)16-4-6-18(29-2)7-5-16;;/h4-7,17,19,22-23H,3,8-15H2,1-2H3;2*1H/t17-,19-,22-;;/m0../s1. The lowest BCUT2D eigenvalue weighted by atomic mass is 9.89. The van der Waals surface area contributed by atoms with Gasteiger partial charge in [0.05, 0.1) is 19.7 Å². The maximum atomic E-state index is 12.7. The van der Waals surface area contributed by atoms with Crippen molar-refractivity contribution >= 4 is 36.6 Å². The normalized spacial score (nSPS) is 25.4. The summed E-state index contributed by atoms with van der Waals surface area (Å²) in [4.78, 5) is 31.7.